The third-order valence-electron chi connectivity index (χ3n) is 11.2. The molecule has 10 rings (SSSR count). The maximum Gasteiger partial charge on any atom is 0.0541 e. The van der Waals surface area contributed by atoms with Crippen molar-refractivity contribution in [3.05, 3.63) is 216 Å². The predicted molar refractivity (Wildman–Crippen MR) is 228 cm³/mol. The first-order chi connectivity index (χ1) is 26.8. The van der Waals surface area contributed by atoms with Gasteiger partial charge >= 0.3 is 0 Å². The Hall–Kier alpha value is -6.64. The van der Waals surface area contributed by atoms with Crippen LogP contribution < -0.4 is 0 Å². The van der Waals surface area contributed by atoms with Crippen molar-refractivity contribution >= 4 is 43.6 Å². The summed E-state index contributed by atoms with van der Waals surface area (Å²) in [6.45, 7) is 0. The molecule has 258 valence electrons. The van der Waals surface area contributed by atoms with E-state index in [1.807, 2.05) is 0 Å². The zero-order valence-corrected chi connectivity index (χ0v) is 30.2. The fraction of sp³-hybridized carbons (Fsp3) is 0.0769. The molecule has 0 fully saturated rings. The normalized spacial score (nSPS) is 11.6. The van der Waals surface area contributed by atoms with Crippen LogP contribution in [0.2, 0.25) is 0 Å². The molecule has 2 heterocycles. The van der Waals surface area contributed by atoms with Crippen molar-refractivity contribution < 1.29 is 0 Å². The molecule has 0 saturated heterocycles. The van der Waals surface area contributed by atoms with Crippen LogP contribution in [-0.4, -0.2) is 9.13 Å². The Morgan fingerprint density at radius 3 is 0.759 bits per heavy atom. The number of aromatic nitrogens is 2. The summed E-state index contributed by atoms with van der Waals surface area (Å²) in [7, 11) is 0. The molecule has 0 bridgehead atoms. The van der Waals surface area contributed by atoms with Gasteiger partial charge in [0.2, 0.25) is 0 Å². The maximum absolute atomic E-state index is 2.38. The second-order valence-electron chi connectivity index (χ2n) is 14.5. The van der Waals surface area contributed by atoms with E-state index in [4.69, 9.17) is 0 Å². The highest BCUT2D eigenvalue weighted by atomic mass is 15.0. The van der Waals surface area contributed by atoms with Crippen LogP contribution in [0.15, 0.2) is 194 Å². The van der Waals surface area contributed by atoms with Gasteiger partial charge < -0.3 is 9.13 Å². The maximum atomic E-state index is 2.38. The van der Waals surface area contributed by atoms with Crippen LogP contribution in [0.1, 0.15) is 22.3 Å². The van der Waals surface area contributed by atoms with Crippen molar-refractivity contribution in [1.29, 1.82) is 0 Å². The fourth-order valence-corrected chi connectivity index (χ4v) is 8.33. The number of hydrogen-bond donors (Lipinski definition) is 0. The summed E-state index contributed by atoms with van der Waals surface area (Å²) in [5.41, 5.74) is 15.4. The van der Waals surface area contributed by atoms with E-state index in [1.165, 1.54) is 88.4 Å². The molecule has 2 aromatic heterocycles. The Bertz CT molecular complexity index is 2580. The highest BCUT2D eigenvalue weighted by Gasteiger charge is 2.13. The Balaban J connectivity index is 0.766. The smallest absolute Gasteiger partial charge is 0.0541 e. The number of hydrogen-bond acceptors (Lipinski definition) is 0. The molecule has 0 amide bonds. The molecule has 2 nitrogen and oxygen atoms in total. The zero-order chi connectivity index (χ0) is 35.8. The number of aryl methyl sites for hydroxylation is 4. The molecule has 0 aliphatic carbocycles. The van der Waals surface area contributed by atoms with Crippen LogP contribution in [0.3, 0.4) is 0 Å². The fourth-order valence-electron chi connectivity index (χ4n) is 8.33. The third kappa shape index (κ3) is 5.87. The highest BCUT2D eigenvalue weighted by molar-refractivity contribution is 6.10. The average Bonchev–Trinajstić information content (AvgIpc) is 3.76. The van der Waals surface area contributed by atoms with Crippen LogP contribution in [-0.2, 0) is 25.7 Å². The molecular formula is C52H40N2. The van der Waals surface area contributed by atoms with Crippen molar-refractivity contribution in [3.63, 3.8) is 0 Å². The van der Waals surface area contributed by atoms with E-state index in [2.05, 4.69) is 203 Å². The van der Waals surface area contributed by atoms with E-state index in [9.17, 15) is 0 Å². The summed E-state index contributed by atoms with van der Waals surface area (Å²) in [5, 5.41) is 5.19. The van der Waals surface area contributed by atoms with Crippen LogP contribution in [0.25, 0.3) is 66.1 Å². The molecule has 8 aromatic carbocycles. The van der Waals surface area contributed by atoms with Gasteiger partial charge in [0, 0.05) is 32.9 Å². The lowest BCUT2D eigenvalue weighted by Gasteiger charge is -2.10. The summed E-state index contributed by atoms with van der Waals surface area (Å²) in [5.74, 6) is 0. The molecule has 54 heavy (non-hydrogen) atoms. The summed E-state index contributed by atoms with van der Waals surface area (Å²) < 4.78 is 4.76. The number of fused-ring (bicyclic) bond motifs is 6. The summed E-state index contributed by atoms with van der Waals surface area (Å²) in [6, 6.07) is 71.2. The van der Waals surface area contributed by atoms with Gasteiger partial charge in [0.15, 0.2) is 0 Å². The first-order valence-electron chi connectivity index (χ1n) is 19.1. The Morgan fingerprint density at radius 2 is 0.481 bits per heavy atom. The van der Waals surface area contributed by atoms with Gasteiger partial charge in [-0.15, -0.1) is 0 Å². The van der Waals surface area contributed by atoms with E-state index in [0.717, 1.165) is 25.7 Å². The summed E-state index contributed by atoms with van der Waals surface area (Å²) in [4.78, 5) is 0. The van der Waals surface area contributed by atoms with Gasteiger partial charge in [-0.05, 0) is 108 Å². The van der Waals surface area contributed by atoms with Crippen LogP contribution >= 0.6 is 0 Å². The minimum absolute atomic E-state index is 1.02. The van der Waals surface area contributed by atoms with Crippen LogP contribution in [0, 0.1) is 0 Å². The van der Waals surface area contributed by atoms with E-state index in [-0.39, 0.29) is 0 Å². The average molecular weight is 693 g/mol. The molecule has 0 radical (unpaired) electrons. The minimum atomic E-state index is 1.02. The van der Waals surface area contributed by atoms with E-state index >= 15 is 0 Å². The van der Waals surface area contributed by atoms with Crippen molar-refractivity contribution in [2.75, 3.05) is 0 Å². The van der Waals surface area contributed by atoms with Crippen molar-refractivity contribution in [1.82, 2.24) is 9.13 Å². The SMILES string of the molecule is c1ccc2c(c1)c1ccccc1n2-c1ccc(CCc2ccc(-c3ccc(CCc4ccc(-n5c6ccccc6c6ccccc65)cc4)cc3)cc2)cc1. The molecule has 0 N–H and O–H groups in total. The van der Waals surface area contributed by atoms with Gasteiger partial charge in [-0.1, -0.05) is 146 Å². The minimum Gasteiger partial charge on any atom is -0.309 e. The topological polar surface area (TPSA) is 9.86 Å². The molecule has 0 saturated carbocycles. The van der Waals surface area contributed by atoms with E-state index < -0.39 is 0 Å². The van der Waals surface area contributed by atoms with Gasteiger partial charge in [0.1, 0.15) is 0 Å². The molecule has 2 heteroatoms. The highest BCUT2D eigenvalue weighted by Crippen LogP contribution is 2.33. The van der Waals surface area contributed by atoms with Crippen LogP contribution in [0.5, 0.6) is 0 Å². The predicted octanol–water partition coefficient (Wildman–Crippen LogP) is 13.1. The van der Waals surface area contributed by atoms with Gasteiger partial charge in [-0.2, -0.15) is 0 Å². The summed E-state index contributed by atoms with van der Waals surface area (Å²) >= 11 is 0. The standard InChI is InChI=1S/C52H40N2/c1-5-13-49-45(9-1)46-10-2-6-14-50(46)53(49)43-33-25-39(26-34-43)19-17-37-21-29-41(30-22-37)42-31-23-38(24-32-42)18-20-40-27-35-44(36-28-40)54-51-15-7-3-11-47(51)48-12-4-8-16-52(48)54/h1-16,21-36H,17-20H2. The first kappa shape index (κ1) is 32.0. The lowest BCUT2D eigenvalue weighted by molar-refractivity contribution is 0.958. The molecule has 10 aromatic rings. The number of benzene rings is 8. The summed E-state index contributed by atoms with van der Waals surface area (Å²) in [6.07, 6.45) is 4.08. The third-order valence-corrected chi connectivity index (χ3v) is 11.2. The van der Waals surface area contributed by atoms with E-state index in [0.29, 0.717) is 0 Å². The lowest BCUT2D eigenvalue weighted by Crippen LogP contribution is -1.96. The Kier molecular flexibility index (Phi) is 8.15. The number of rotatable bonds is 9. The lowest BCUT2D eigenvalue weighted by atomic mass is 9.98. The molecule has 0 aliphatic rings. The number of para-hydroxylation sites is 4. The monoisotopic (exact) mass is 692 g/mol. The van der Waals surface area contributed by atoms with E-state index in [1.54, 1.807) is 0 Å². The van der Waals surface area contributed by atoms with Crippen molar-refractivity contribution in [2.45, 2.75) is 25.7 Å². The Labute approximate surface area is 316 Å². The zero-order valence-electron chi connectivity index (χ0n) is 30.2. The van der Waals surface area contributed by atoms with Gasteiger partial charge in [-0.3, -0.25) is 0 Å². The second kappa shape index (κ2) is 13.7. The second-order valence-corrected chi connectivity index (χ2v) is 14.5. The Morgan fingerprint density at radius 1 is 0.241 bits per heavy atom. The largest absolute Gasteiger partial charge is 0.309 e. The molecule has 0 atom stereocenters. The molecule has 0 spiro atoms. The molecule has 0 aliphatic heterocycles. The van der Waals surface area contributed by atoms with Gasteiger partial charge in [0.25, 0.3) is 0 Å². The van der Waals surface area contributed by atoms with Crippen molar-refractivity contribution in [2.24, 2.45) is 0 Å². The first-order valence-corrected chi connectivity index (χ1v) is 19.1. The number of nitrogens with zero attached hydrogens (tertiary/aromatic N) is 2. The quantitative estimate of drug-likeness (QED) is 0.142. The van der Waals surface area contributed by atoms with Crippen molar-refractivity contribution in [3.8, 4) is 22.5 Å². The van der Waals surface area contributed by atoms with Gasteiger partial charge in [0.05, 0.1) is 22.1 Å². The van der Waals surface area contributed by atoms with Gasteiger partial charge in [-0.25, -0.2) is 0 Å². The molecular weight excluding hydrogens is 653 g/mol. The van der Waals surface area contributed by atoms with Crippen LogP contribution in [0.4, 0.5) is 0 Å². The molecule has 0 unspecified atom stereocenters.